The summed E-state index contributed by atoms with van der Waals surface area (Å²) in [4.78, 5) is 27.6. The Morgan fingerprint density at radius 1 is 1.27 bits per heavy atom. The molecule has 0 unspecified atom stereocenters. The number of rotatable bonds is 2. The van der Waals surface area contributed by atoms with Crippen LogP contribution in [0, 0.1) is 6.92 Å². The van der Waals surface area contributed by atoms with Crippen LogP contribution in [0.3, 0.4) is 0 Å². The first-order valence-electron chi connectivity index (χ1n) is 6.73. The summed E-state index contributed by atoms with van der Waals surface area (Å²) in [5.41, 5.74) is 1.71. The molecule has 1 aromatic carbocycles. The van der Waals surface area contributed by atoms with Gasteiger partial charge in [-0.1, -0.05) is 6.07 Å². The third kappa shape index (κ3) is 2.48. The molecule has 0 aliphatic carbocycles. The van der Waals surface area contributed by atoms with Crippen LogP contribution in [-0.4, -0.2) is 16.7 Å². The Hall–Kier alpha value is -2.95. The number of benzene rings is 1. The van der Waals surface area contributed by atoms with Gasteiger partial charge in [0.2, 0.25) is 5.78 Å². The molecule has 5 heteroatoms. The number of pyridine rings is 1. The number of carbonyl (C=O) groups is 2. The molecule has 0 bridgehead atoms. The molecule has 0 atom stereocenters. The second-order valence-corrected chi connectivity index (χ2v) is 4.85. The zero-order valence-electron chi connectivity index (χ0n) is 12.1. The molecule has 0 fully saturated rings. The van der Waals surface area contributed by atoms with Crippen molar-refractivity contribution in [1.29, 1.82) is 0 Å². The number of esters is 1. The van der Waals surface area contributed by atoms with Crippen molar-refractivity contribution in [2.75, 3.05) is 0 Å². The van der Waals surface area contributed by atoms with Crippen LogP contribution in [0.15, 0.2) is 42.3 Å². The van der Waals surface area contributed by atoms with E-state index in [0.717, 1.165) is 0 Å². The van der Waals surface area contributed by atoms with Crippen LogP contribution in [0.5, 0.6) is 11.5 Å². The first-order valence-corrected chi connectivity index (χ1v) is 6.73. The molecule has 110 valence electrons. The fourth-order valence-corrected chi connectivity index (χ4v) is 2.23. The van der Waals surface area contributed by atoms with E-state index in [1.54, 1.807) is 43.5 Å². The number of Topliss-reactive ketones (excluding diaryl/α,β-unsaturated/α-hetero) is 1. The number of ether oxygens (including phenoxy) is 2. The molecule has 0 saturated heterocycles. The number of aromatic nitrogens is 1. The smallest absolute Gasteiger partial charge is 0.308 e. The van der Waals surface area contributed by atoms with E-state index >= 15 is 0 Å². The summed E-state index contributed by atoms with van der Waals surface area (Å²) >= 11 is 0. The Morgan fingerprint density at radius 2 is 2.09 bits per heavy atom. The lowest BCUT2D eigenvalue weighted by Gasteiger charge is -2.08. The van der Waals surface area contributed by atoms with Crippen molar-refractivity contribution in [1.82, 2.24) is 4.98 Å². The normalized spacial score (nSPS) is 14.6. The predicted octanol–water partition coefficient (Wildman–Crippen LogP) is 2.93. The van der Waals surface area contributed by atoms with Gasteiger partial charge in [-0.15, -0.1) is 0 Å². The summed E-state index contributed by atoms with van der Waals surface area (Å²) in [7, 11) is 0. The molecule has 0 N–H and O–H groups in total. The highest BCUT2D eigenvalue weighted by molar-refractivity contribution is 6.14. The predicted molar refractivity (Wildman–Crippen MR) is 79.7 cm³/mol. The van der Waals surface area contributed by atoms with Gasteiger partial charge in [0.05, 0.1) is 11.3 Å². The Kier molecular flexibility index (Phi) is 3.47. The number of hydrogen-bond acceptors (Lipinski definition) is 5. The van der Waals surface area contributed by atoms with Crippen LogP contribution >= 0.6 is 0 Å². The highest BCUT2D eigenvalue weighted by Crippen LogP contribution is 2.39. The van der Waals surface area contributed by atoms with Gasteiger partial charge in [0.1, 0.15) is 11.5 Å². The maximum Gasteiger partial charge on any atom is 0.308 e. The maximum atomic E-state index is 12.4. The van der Waals surface area contributed by atoms with Crippen LogP contribution in [0.2, 0.25) is 0 Å². The summed E-state index contributed by atoms with van der Waals surface area (Å²) in [6, 6.07) is 8.60. The van der Waals surface area contributed by atoms with Crippen molar-refractivity contribution in [3.8, 4) is 11.5 Å². The fraction of sp³-hybridized carbons (Fsp3) is 0.118. The SMILES string of the molecule is CC(=O)Oc1ccc2c(c1C)O/C(=C\c1ccccn1)C2=O. The van der Waals surface area contributed by atoms with E-state index in [2.05, 4.69) is 4.98 Å². The minimum atomic E-state index is -0.420. The molecule has 22 heavy (non-hydrogen) atoms. The zero-order valence-corrected chi connectivity index (χ0v) is 12.1. The van der Waals surface area contributed by atoms with Gasteiger partial charge in [-0.25, -0.2) is 0 Å². The second kappa shape index (κ2) is 5.44. The fourth-order valence-electron chi connectivity index (χ4n) is 2.23. The van der Waals surface area contributed by atoms with E-state index < -0.39 is 5.97 Å². The number of hydrogen-bond donors (Lipinski definition) is 0. The van der Waals surface area contributed by atoms with Crippen molar-refractivity contribution in [3.05, 3.63) is 59.1 Å². The standard InChI is InChI=1S/C17H13NO4/c1-10-14(21-11(2)19)7-6-13-16(20)15(22-17(10)13)9-12-5-3-4-8-18-12/h3-9H,1-2H3/b15-9-. The van der Waals surface area contributed by atoms with E-state index in [0.29, 0.717) is 28.3 Å². The van der Waals surface area contributed by atoms with Gasteiger partial charge in [-0.2, -0.15) is 0 Å². The van der Waals surface area contributed by atoms with E-state index in [1.165, 1.54) is 6.92 Å². The summed E-state index contributed by atoms with van der Waals surface area (Å²) in [5, 5.41) is 0. The summed E-state index contributed by atoms with van der Waals surface area (Å²) in [6.45, 7) is 3.07. The molecule has 0 radical (unpaired) electrons. The van der Waals surface area contributed by atoms with Gasteiger partial charge in [0.15, 0.2) is 5.76 Å². The Morgan fingerprint density at radius 3 is 2.77 bits per heavy atom. The average Bonchev–Trinajstić information content (AvgIpc) is 2.80. The van der Waals surface area contributed by atoms with E-state index in [9.17, 15) is 9.59 Å². The van der Waals surface area contributed by atoms with Gasteiger partial charge in [0.25, 0.3) is 0 Å². The Labute approximate surface area is 127 Å². The van der Waals surface area contributed by atoms with Gasteiger partial charge >= 0.3 is 5.97 Å². The highest BCUT2D eigenvalue weighted by Gasteiger charge is 2.30. The van der Waals surface area contributed by atoms with Crippen LogP contribution in [0.1, 0.15) is 28.5 Å². The monoisotopic (exact) mass is 295 g/mol. The molecule has 0 spiro atoms. The molecule has 5 nitrogen and oxygen atoms in total. The van der Waals surface area contributed by atoms with Crippen LogP contribution < -0.4 is 9.47 Å². The summed E-state index contributed by atoms with van der Waals surface area (Å²) in [5.74, 6) is 0.385. The second-order valence-electron chi connectivity index (χ2n) is 4.85. The number of fused-ring (bicyclic) bond motifs is 1. The molecular formula is C17H13NO4. The molecule has 1 aromatic heterocycles. The third-order valence-electron chi connectivity index (χ3n) is 3.26. The zero-order chi connectivity index (χ0) is 15.7. The lowest BCUT2D eigenvalue weighted by Crippen LogP contribution is -2.03. The number of allylic oxidation sites excluding steroid dienone is 1. The summed E-state index contributed by atoms with van der Waals surface area (Å²) < 4.78 is 10.8. The van der Waals surface area contributed by atoms with Crippen molar-refractivity contribution in [2.24, 2.45) is 0 Å². The van der Waals surface area contributed by atoms with E-state index in [4.69, 9.17) is 9.47 Å². The van der Waals surface area contributed by atoms with Crippen molar-refractivity contribution in [2.45, 2.75) is 13.8 Å². The molecule has 0 amide bonds. The molecule has 2 heterocycles. The van der Waals surface area contributed by atoms with Crippen molar-refractivity contribution < 1.29 is 19.1 Å². The van der Waals surface area contributed by atoms with Crippen molar-refractivity contribution >= 4 is 17.8 Å². The molecule has 1 aliphatic heterocycles. The van der Waals surface area contributed by atoms with Crippen molar-refractivity contribution in [3.63, 3.8) is 0 Å². The molecule has 1 aliphatic rings. The first-order chi connectivity index (χ1) is 10.6. The lowest BCUT2D eigenvalue weighted by atomic mass is 10.1. The number of ketones is 1. The topological polar surface area (TPSA) is 65.5 Å². The molecule has 0 saturated carbocycles. The summed E-state index contributed by atoms with van der Waals surface area (Å²) in [6.07, 6.45) is 3.23. The van der Waals surface area contributed by atoms with Crippen LogP contribution in [-0.2, 0) is 4.79 Å². The quantitative estimate of drug-likeness (QED) is 0.484. The Balaban J connectivity index is 1.99. The van der Waals surface area contributed by atoms with Gasteiger partial charge < -0.3 is 9.47 Å². The largest absolute Gasteiger partial charge is 0.452 e. The maximum absolute atomic E-state index is 12.4. The van der Waals surface area contributed by atoms with Crippen LogP contribution in [0.4, 0.5) is 0 Å². The van der Waals surface area contributed by atoms with E-state index in [-0.39, 0.29) is 11.5 Å². The average molecular weight is 295 g/mol. The molecular weight excluding hydrogens is 282 g/mol. The minimum Gasteiger partial charge on any atom is -0.452 e. The highest BCUT2D eigenvalue weighted by atomic mass is 16.5. The minimum absolute atomic E-state index is 0.205. The molecule has 2 aromatic rings. The van der Waals surface area contributed by atoms with E-state index in [1.807, 2.05) is 6.07 Å². The van der Waals surface area contributed by atoms with Gasteiger partial charge in [0, 0.05) is 24.8 Å². The van der Waals surface area contributed by atoms with Crippen LogP contribution in [0.25, 0.3) is 6.08 Å². The molecule has 3 rings (SSSR count). The lowest BCUT2D eigenvalue weighted by molar-refractivity contribution is -0.131. The first kappa shape index (κ1) is 14.0. The Bertz CT molecular complexity index is 794. The van der Waals surface area contributed by atoms with Gasteiger partial charge in [-0.3, -0.25) is 14.6 Å². The third-order valence-corrected chi connectivity index (χ3v) is 3.26. The number of carbonyl (C=O) groups excluding carboxylic acids is 2. The van der Waals surface area contributed by atoms with Gasteiger partial charge in [-0.05, 0) is 31.2 Å². The number of nitrogens with zero attached hydrogens (tertiary/aromatic N) is 1.